The Morgan fingerprint density at radius 1 is 1.14 bits per heavy atom. The molecule has 0 bridgehead atoms. The summed E-state index contributed by atoms with van der Waals surface area (Å²) in [7, 11) is 0. The van der Waals surface area contributed by atoms with Crippen LogP contribution < -0.4 is 0 Å². The first-order valence-electron chi connectivity index (χ1n) is 8.26. The smallest absolute Gasteiger partial charge is 0.171 e. The van der Waals surface area contributed by atoms with Gasteiger partial charge < -0.3 is 19.3 Å². The van der Waals surface area contributed by atoms with E-state index in [4.69, 9.17) is 14.2 Å². The summed E-state index contributed by atoms with van der Waals surface area (Å²) < 4.78 is 17.9. The molecule has 1 spiro atoms. The summed E-state index contributed by atoms with van der Waals surface area (Å²) in [5.41, 5.74) is 0.264. The third-order valence-corrected chi connectivity index (χ3v) is 4.79. The number of aliphatic hydroxyl groups is 1. The summed E-state index contributed by atoms with van der Waals surface area (Å²) >= 11 is 0. The Bertz CT molecular complexity index is 465. The van der Waals surface area contributed by atoms with Gasteiger partial charge in [-0.1, -0.05) is 36.8 Å². The SMILES string of the molecule is C[C@@]1(O)CCCCC2(C[C@@H]1OCc1ccccc1)OCCO2. The third-order valence-electron chi connectivity index (χ3n) is 4.79. The lowest BCUT2D eigenvalue weighted by Crippen LogP contribution is -2.48. The summed E-state index contributed by atoms with van der Waals surface area (Å²) in [6.07, 6.45) is 3.92. The van der Waals surface area contributed by atoms with Gasteiger partial charge in [0.1, 0.15) is 0 Å². The van der Waals surface area contributed by atoms with Crippen LogP contribution in [0.1, 0.15) is 44.6 Å². The molecule has 1 aliphatic carbocycles. The molecule has 1 aromatic rings. The van der Waals surface area contributed by atoms with Gasteiger partial charge in [-0.3, -0.25) is 0 Å². The van der Waals surface area contributed by atoms with E-state index in [9.17, 15) is 5.11 Å². The molecule has 1 saturated heterocycles. The largest absolute Gasteiger partial charge is 0.387 e. The van der Waals surface area contributed by atoms with Crippen LogP contribution in [0.4, 0.5) is 0 Å². The van der Waals surface area contributed by atoms with Crippen LogP contribution in [-0.4, -0.2) is 35.8 Å². The summed E-state index contributed by atoms with van der Waals surface area (Å²) in [4.78, 5) is 0. The molecule has 0 amide bonds. The molecule has 2 aliphatic rings. The maximum atomic E-state index is 10.8. The predicted molar refractivity (Wildman–Crippen MR) is 83.4 cm³/mol. The lowest BCUT2D eigenvalue weighted by molar-refractivity contribution is -0.219. The quantitative estimate of drug-likeness (QED) is 0.932. The van der Waals surface area contributed by atoms with E-state index in [1.165, 1.54) is 0 Å². The number of benzene rings is 1. The van der Waals surface area contributed by atoms with Gasteiger partial charge in [0.2, 0.25) is 0 Å². The van der Waals surface area contributed by atoms with Crippen LogP contribution in [-0.2, 0) is 20.8 Å². The van der Waals surface area contributed by atoms with Crippen molar-refractivity contribution in [3.8, 4) is 0 Å². The molecule has 1 aliphatic heterocycles. The van der Waals surface area contributed by atoms with E-state index in [-0.39, 0.29) is 6.10 Å². The van der Waals surface area contributed by atoms with Crippen molar-refractivity contribution in [2.24, 2.45) is 0 Å². The van der Waals surface area contributed by atoms with Gasteiger partial charge in [0.05, 0.1) is 31.5 Å². The topological polar surface area (TPSA) is 47.9 Å². The van der Waals surface area contributed by atoms with Crippen molar-refractivity contribution >= 4 is 0 Å². The van der Waals surface area contributed by atoms with Gasteiger partial charge in [0.25, 0.3) is 0 Å². The van der Waals surface area contributed by atoms with Gasteiger partial charge >= 0.3 is 0 Å². The highest BCUT2D eigenvalue weighted by Crippen LogP contribution is 2.38. The Kier molecular flexibility index (Phi) is 4.83. The van der Waals surface area contributed by atoms with E-state index in [0.717, 1.165) is 31.2 Å². The highest BCUT2D eigenvalue weighted by molar-refractivity contribution is 5.13. The van der Waals surface area contributed by atoms with Gasteiger partial charge in [-0.25, -0.2) is 0 Å². The minimum absolute atomic E-state index is 0.286. The predicted octanol–water partition coefficient (Wildman–Crippen LogP) is 3.03. The number of hydrogen-bond acceptors (Lipinski definition) is 4. The molecular formula is C18H26O4. The van der Waals surface area contributed by atoms with E-state index in [0.29, 0.717) is 26.2 Å². The molecule has 1 aromatic carbocycles. The van der Waals surface area contributed by atoms with E-state index in [2.05, 4.69) is 0 Å². The molecule has 4 nitrogen and oxygen atoms in total. The van der Waals surface area contributed by atoms with Crippen LogP contribution in [0.25, 0.3) is 0 Å². The molecule has 2 fully saturated rings. The maximum absolute atomic E-state index is 10.8. The van der Waals surface area contributed by atoms with Crippen molar-refractivity contribution in [2.45, 2.75) is 63.1 Å². The lowest BCUT2D eigenvalue weighted by atomic mass is 9.83. The van der Waals surface area contributed by atoms with E-state index in [1.54, 1.807) is 0 Å². The standard InChI is InChI=1S/C18H26O4/c1-17(19)9-5-6-10-18(21-11-12-22-18)13-16(17)20-14-15-7-3-2-4-8-15/h2-4,7-8,16,19H,5-6,9-14H2,1H3/t16-,17+/m0/s1. The molecule has 3 rings (SSSR count). The van der Waals surface area contributed by atoms with Gasteiger partial charge in [-0.2, -0.15) is 0 Å². The van der Waals surface area contributed by atoms with Crippen LogP contribution in [0.2, 0.25) is 0 Å². The zero-order valence-corrected chi connectivity index (χ0v) is 13.3. The minimum Gasteiger partial charge on any atom is -0.387 e. The normalized spacial score (nSPS) is 31.8. The first kappa shape index (κ1) is 15.9. The van der Waals surface area contributed by atoms with Crippen molar-refractivity contribution in [3.05, 3.63) is 35.9 Å². The Labute approximate surface area is 132 Å². The van der Waals surface area contributed by atoms with Crippen LogP contribution in [0.15, 0.2) is 30.3 Å². The molecule has 2 atom stereocenters. The Morgan fingerprint density at radius 2 is 1.82 bits per heavy atom. The average molecular weight is 306 g/mol. The number of rotatable bonds is 3. The van der Waals surface area contributed by atoms with Crippen molar-refractivity contribution < 1.29 is 19.3 Å². The molecule has 1 saturated carbocycles. The number of hydrogen-bond donors (Lipinski definition) is 1. The Hall–Kier alpha value is -0.940. The van der Waals surface area contributed by atoms with E-state index >= 15 is 0 Å². The average Bonchev–Trinajstić information content (AvgIpc) is 2.97. The molecule has 0 aromatic heterocycles. The van der Waals surface area contributed by atoms with E-state index in [1.807, 2.05) is 37.3 Å². The molecule has 0 radical (unpaired) electrons. The molecule has 122 valence electrons. The Balaban J connectivity index is 1.71. The van der Waals surface area contributed by atoms with E-state index < -0.39 is 11.4 Å². The van der Waals surface area contributed by atoms with Crippen LogP contribution in [0.5, 0.6) is 0 Å². The molecule has 22 heavy (non-hydrogen) atoms. The number of ether oxygens (including phenoxy) is 3. The monoisotopic (exact) mass is 306 g/mol. The fourth-order valence-corrected chi connectivity index (χ4v) is 3.41. The van der Waals surface area contributed by atoms with Crippen molar-refractivity contribution in [1.82, 2.24) is 0 Å². The summed E-state index contributed by atoms with van der Waals surface area (Å²) in [5.74, 6) is -0.564. The van der Waals surface area contributed by atoms with Gasteiger partial charge in [0.15, 0.2) is 5.79 Å². The second-order valence-electron chi connectivity index (χ2n) is 6.66. The zero-order chi connectivity index (χ0) is 15.5. The van der Waals surface area contributed by atoms with Crippen molar-refractivity contribution in [2.75, 3.05) is 13.2 Å². The summed E-state index contributed by atoms with van der Waals surface area (Å²) in [5, 5.41) is 10.8. The molecule has 1 heterocycles. The van der Waals surface area contributed by atoms with Crippen LogP contribution >= 0.6 is 0 Å². The maximum Gasteiger partial charge on any atom is 0.171 e. The molecule has 4 heteroatoms. The van der Waals surface area contributed by atoms with Crippen LogP contribution in [0.3, 0.4) is 0 Å². The Morgan fingerprint density at radius 3 is 2.55 bits per heavy atom. The lowest BCUT2D eigenvalue weighted by Gasteiger charge is -2.40. The summed E-state index contributed by atoms with van der Waals surface area (Å²) in [6.45, 7) is 3.63. The second kappa shape index (κ2) is 6.67. The molecule has 1 N–H and O–H groups in total. The molecule has 0 unspecified atom stereocenters. The highest BCUT2D eigenvalue weighted by atomic mass is 16.7. The van der Waals surface area contributed by atoms with Gasteiger partial charge in [-0.15, -0.1) is 0 Å². The molecular weight excluding hydrogens is 280 g/mol. The second-order valence-corrected chi connectivity index (χ2v) is 6.66. The third kappa shape index (κ3) is 3.69. The fraction of sp³-hybridized carbons (Fsp3) is 0.667. The van der Waals surface area contributed by atoms with Gasteiger partial charge in [0, 0.05) is 12.8 Å². The zero-order valence-electron chi connectivity index (χ0n) is 13.3. The first-order chi connectivity index (χ1) is 10.6. The van der Waals surface area contributed by atoms with Crippen LogP contribution in [0, 0.1) is 0 Å². The first-order valence-corrected chi connectivity index (χ1v) is 8.26. The minimum atomic E-state index is -0.850. The highest BCUT2D eigenvalue weighted by Gasteiger charge is 2.45. The van der Waals surface area contributed by atoms with Gasteiger partial charge in [-0.05, 0) is 25.3 Å². The fourth-order valence-electron chi connectivity index (χ4n) is 3.41. The van der Waals surface area contributed by atoms with Crippen molar-refractivity contribution in [3.63, 3.8) is 0 Å². The summed E-state index contributed by atoms with van der Waals surface area (Å²) in [6, 6.07) is 10.1. The van der Waals surface area contributed by atoms with Crippen molar-refractivity contribution in [1.29, 1.82) is 0 Å².